The van der Waals surface area contributed by atoms with Crippen molar-refractivity contribution in [2.75, 3.05) is 13.7 Å². The summed E-state index contributed by atoms with van der Waals surface area (Å²) in [6, 6.07) is 20.0. The zero-order chi connectivity index (χ0) is 17.5. The maximum atomic E-state index is 10.3. The first kappa shape index (κ1) is 17.3. The Labute approximate surface area is 148 Å². The van der Waals surface area contributed by atoms with Crippen molar-refractivity contribution in [2.24, 2.45) is 0 Å². The van der Waals surface area contributed by atoms with E-state index in [1.165, 1.54) is 11.1 Å². The molecular weight excluding hydrogens is 312 g/mol. The highest BCUT2D eigenvalue weighted by Gasteiger charge is 2.08. The van der Waals surface area contributed by atoms with E-state index >= 15 is 0 Å². The number of hydrogen-bond donors (Lipinski definition) is 2. The Balaban J connectivity index is 1.49. The Morgan fingerprint density at radius 3 is 2.68 bits per heavy atom. The predicted molar refractivity (Wildman–Crippen MR) is 99.6 cm³/mol. The Hall–Kier alpha value is -2.56. The summed E-state index contributed by atoms with van der Waals surface area (Å²) in [4.78, 5) is 0. The third kappa shape index (κ3) is 4.95. The zero-order valence-electron chi connectivity index (χ0n) is 14.4. The van der Waals surface area contributed by atoms with Crippen LogP contribution in [0, 0.1) is 0 Å². The average molecular weight is 336 g/mol. The second kappa shape index (κ2) is 8.51. The lowest BCUT2D eigenvalue weighted by Crippen LogP contribution is -2.20. The van der Waals surface area contributed by atoms with Gasteiger partial charge in [0.05, 0.1) is 13.2 Å². The van der Waals surface area contributed by atoms with Crippen molar-refractivity contribution in [2.45, 2.75) is 19.2 Å². The molecule has 3 aromatic rings. The lowest BCUT2D eigenvalue weighted by atomic mass is 10.1. The number of benzene rings is 2. The van der Waals surface area contributed by atoms with Crippen molar-refractivity contribution in [3.8, 4) is 5.75 Å². The first-order valence-corrected chi connectivity index (χ1v) is 8.46. The molecule has 0 amide bonds. The van der Waals surface area contributed by atoms with E-state index in [9.17, 15) is 5.11 Å². The highest BCUT2D eigenvalue weighted by Crippen LogP contribution is 2.18. The van der Waals surface area contributed by atoms with Crippen LogP contribution in [-0.2, 0) is 13.1 Å². The fraction of sp³-hybridized carbons (Fsp3) is 0.238. The van der Waals surface area contributed by atoms with Crippen molar-refractivity contribution in [3.63, 3.8) is 0 Å². The van der Waals surface area contributed by atoms with Crippen molar-refractivity contribution in [3.05, 3.63) is 89.7 Å². The predicted octanol–water partition coefficient (Wildman–Crippen LogP) is 3.37. The van der Waals surface area contributed by atoms with Gasteiger partial charge in [0.2, 0.25) is 0 Å². The maximum Gasteiger partial charge on any atom is 0.119 e. The molecule has 1 unspecified atom stereocenters. The third-order valence-corrected chi connectivity index (χ3v) is 4.17. The van der Waals surface area contributed by atoms with Crippen molar-refractivity contribution in [1.82, 2.24) is 9.88 Å². The van der Waals surface area contributed by atoms with Crippen LogP contribution >= 0.6 is 0 Å². The quantitative estimate of drug-likeness (QED) is 0.663. The number of nitrogens with zero attached hydrogens (tertiary/aromatic N) is 1. The number of nitrogens with one attached hydrogen (secondary N) is 1. The molecule has 0 fully saturated rings. The second-order valence-corrected chi connectivity index (χ2v) is 6.10. The SMILES string of the molecule is COc1cccc(C(O)CNCc2ccn(Cc3ccccc3)c2)c1. The van der Waals surface area contributed by atoms with Crippen LogP contribution in [0.4, 0.5) is 0 Å². The van der Waals surface area contributed by atoms with Gasteiger partial charge in [-0.05, 0) is 34.9 Å². The van der Waals surface area contributed by atoms with Crippen LogP contribution in [0.2, 0.25) is 0 Å². The fourth-order valence-corrected chi connectivity index (χ4v) is 2.81. The van der Waals surface area contributed by atoms with Crippen LogP contribution < -0.4 is 10.1 Å². The summed E-state index contributed by atoms with van der Waals surface area (Å²) in [6.07, 6.45) is 3.67. The molecule has 0 aliphatic carbocycles. The van der Waals surface area contributed by atoms with Gasteiger partial charge >= 0.3 is 0 Å². The van der Waals surface area contributed by atoms with Crippen LogP contribution in [-0.4, -0.2) is 23.3 Å². The van der Waals surface area contributed by atoms with Gasteiger partial charge in [0.15, 0.2) is 0 Å². The van der Waals surface area contributed by atoms with Gasteiger partial charge in [-0.15, -0.1) is 0 Å². The molecule has 0 saturated carbocycles. The molecule has 0 bridgehead atoms. The molecule has 1 aromatic heterocycles. The van der Waals surface area contributed by atoms with Crippen LogP contribution in [0.5, 0.6) is 5.75 Å². The van der Waals surface area contributed by atoms with Gasteiger partial charge in [-0.1, -0.05) is 42.5 Å². The molecule has 0 aliphatic rings. The summed E-state index contributed by atoms with van der Waals surface area (Å²) in [6.45, 7) is 2.09. The lowest BCUT2D eigenvalue weighted by molar-refractivity contribution is 0.174. The van der Waals surface area contributed by atoms with E-state index in [0.29, 0.717) is 6.54 Å². The summed E-state index contributed by atoms with van der Waals surface area (Å²) in [7, 11) is 1.63. The van der Waals surface area contributed by atoms with Crippen molar-refractivity contribution >= 4 is 0 Å². The monoisotopic (exact) mass is 336 g/mol. The van der Waals surface area contributed by atoms with E-state index in [4.69, 9.17) is 4.74 Å². The number of methoxy groups -OCH3 is 1. The molecule has 4 heteroatoms. The average Bonchev–Trinajstić information content (AvgIpc) is 3.09. The Bertz CT molecular complexity index is 783. The molecule has 0 spiro atoms. The number of aromatic nitrogens is 1. The molecule has 0 radical (unpaired) electrons. The number of ether oxygens (including phenoxy) is 1. The minimum atomic E-state index is -0.554. The van der Waals surface area contributed by atoms with Gasteiger partial charge in [0.1, 0.15) is 5.75 Å². The van der Waals surface area contributed by atoms with Crippen LogP contribution in [0.15, 0.2) is 73.1 Å². The largest absolute Gasteiger partial charge is 0.497 e. The number of aliphatic hydroxyl groups excluding tert-OH is 1. The molecule has 130 valence electrons. The van der Waals surface area contributed by atoms with Crippen LogP contribution in [0.25, 0.3) is 0 Å². The normalized spacial score (nSPS) is 12.1. The minimum Gasteiger partial charge on any atom is -0.497 e. The van der Waals surface area contributed by atoms with E-state index in [1.54, 1.807) is 7.11 Å². The summed E-state index contributed by atoms with van der Waals surface area (Å²) >= 11 is 0. The van der Waals surface area contributed by atoms with Crippen LogP contribution in [0.1, 0.15) is 22.8 Å². The molecule has 2 N–H and O–H groups in total. The van der Waals surface area contributed by atoms with Crippen molar-refractivity contribution in [1.29, 1.82) is 0 Å². The first-order valence-electron chi connectivity index (χ1n) is 8.46. The Kier molecular flexibility index (Phi) is 5.88. The van der Waals surface area contributed by atoms with Crippen molar-refractivity contribution < 1.29 is 9.84 Å². The van der Waals surface area contributed by atoms with E-state index in [2.05, 4.69) is 52.6 Å². The maximum absolute atomic E-state index is 10.3. The zero-order valence-corrected chi connectivity index (χ0v) is 14.4. The van der Waals surface area contributed by atoms with E-state index in [-0.39, 0.29) is 0 Å². The molecule has 1 heterocycles. The van der Waals surface area contributed by atoms with Gasteiger partial charge in [-0.3, -0.25) is 0 Å². The standard InChI is InChI=1S/C21H24N2O2/c1-25-20-9-5-8-19(12-20)21(24)14-22-13-18-10-11-23(16-18)15-17-6-3-2-4-7-17/h2-12,16,21-22,24H,13-15H2,1H3. The van der Waals surface area contributed by atoms with Gasteiger partial charge in [-0.2, -0.15) is 0 Å². The summed E-state index contributed by atoms with van der Waals surface area (Å²) in [5, 5.41) is 13.6. The minimum absolute atomic E-state index is 0.497. The fourth-order valence-electron chi connectivity index (χ4n) is 2.81. The van der Waals surface area contributed by atoms with E-state index < -0.39 is 6.10 Å². The first-order chi connectivity index (χ1) is 12.2. The van der Waals surface area contributed by atoms with E-state index in [1.807, 2.05) is 30.3 Å². The van der Waals surface area contributed by atoms with Crippen LogP contribution in [0.3, 0.4) is 0 Å². The number of aliphatic hydroxyl groups is 1. The van der Waals surface area contributed by atoms with E-state index in [0.717, 1.165) is 24.4 Å². The topological polar surface area (TPSA) is 46.4 Å². The smallest absolute Gasteiger partial charge is 0.119 e. The molecule has 0 saturated heterocycles. The molecule has 2 aromatic carbocycles. The Morgan fingerprint density at radius 2 is 1.88 bits per heavy atom. The molecule has 0 aliphatic heterocycles. The molecular formula is C21H24N2O2. The van der Waals surface area contributed by atoms with Gasteiger partial charge in [0, 0.05) is 32.0 Å². The number of hydrogen-bond acceptors (Lipinski definition) is 3. The number of rotatable bonds is 8. The van der Waals surface area contributed by atoms with Gasteiger partial charge in [-0.25, -0.2) is 0 Å². The highest BCUT2D eigenvalue weighted by molar-refractivity contribution is 5.30. The molecule has 25 heavy (non-hydrogen) atoms. The molecule has 3 rings (SSSR count). The van der Waals surface area contributed by atoms with Gasteiger partial charge < -0.3 is 19.7 Å². The summed E-state index contributed by atoms with van der Waals surface area (Å²) < 4.78 is 7.37. The summed E-state index contributed by atoms with van der Waals surface area (Å²) in [5.74, 6) is 0.759. The summed E-state index contributed by atoms with van der Waals surface area (Å²) in [5.41, 5.74) is 3.34. The molecule has 1 atom stereocenters. The molecule has 4 nitrogen and oxygen atoms in total. The second-order valence-electron chi connectivity index (χ2n) is 6.10. The third-order valence-electron chi connectivity index (χ3n) is 4.17. The Morgan fingerprint density at radius 1 is 1.04 bits per heavy atom. The lowest BCUT2D eigenvalue weighted by Gasteiger charge is -2.13. The highest BCUT2D eigenvalue weighted by atomic mass is 16.5. The van der Waals surface area contributed by atoms with Gasteiger partial charge in [0.25, 0.3) is 0 Å².